The number of hydrogen-bond acceptors (Lipinski definition) is 3. The van der Waals surface area contributed by atoms with Crippen molar-refractivity contribution in [2.24, 2.45) is 5.41 Å². The minimum Gasteiger partial charge on any atom is -0.469 e. The van der Waals surface area contributed by atoms with Gasteiger partial charge in [0, 0.05) is 25.5 Å². The van der Waals surface area contributed by atoms with Crippen molar-refractivity contribution in [2.75, 3.05) is 6.61 Å². The Morgan fingerprint density at radius 2 is 2.22 bits per heavy atom. The van der Waals surface area contributed by atoms with Gasteiger partial charge in [-0.2, -0.15) is 0 Å². The van der Waals surface area contributed by atoms with Crippen LogP contribution in [0.3, 0.4) is 0 Å². The smallest absolute Gasteiger partial charge is 0.220 e. The van der Waals surface area contributed by atoms with Gasteiger partial charge in [0.1, 0.15) is 5.76 Å². The van der Waals surface area contributed by atoms with Gasteiger partial charge in [0.2, 0.25) is 5.91 Å². The molecule has 102 valence electrons. The zero-order chi connectivity index (χ0) is 13.6. The summed E-state index contributed by atoms with van der Waals surface area (Å²) < 4.78 is 5.18. The average molecular weight is 253 g/mol. The lowest BCUT2D eigenvalue weighted by Gasteiger charge is -2.31. The van der Waals surface area contributed by atoms with E-state index in [9.17, 15) is 4.79 Å². The summed E-state index contributed by atoms with van der Waals surface area (Å²) in [6.07, 6.45) is 3.20. The Balaban J connectivity index is 2.41. The molecule has 0 spiro atoms. The van der Waals surface area contributed by atoms with Crippen molar-refractivity contribution in [2.45, 2.75) is 46.1 Å². The summed E-state index contributed by atoms with van der Waals surface area (Å²) in [6, 6.07) is 3.67. The van der Waals surface area contributed by atoms with E-state index in [4.69, 9.17) is 9.52 Å². The number of aryl methyl sites for hydroxylation is 1. The molecule has 1 aromatic rings. The Bertz CT molecular complexity index is 352. The fourth-order valence-corrected chi connectivity index (χ4v) is 1.81. The third kappa shape index (κ3) is 4.92. The van der Waals surface area contributed by atoms with Gasteiger partial charge in [-0.15, -0.1) is 0 Å². The highest BCUT2D eigenvalue weighted by molar-refractivity contribution is 5.76. The summed E-state index contributed by atoms with van der Waals surface area (Å²) in [5, 5.41) is 12.0. The van der Waals surface area contributed by atoms with Gasteiger partial charge in [-0.05, 0) is 24.0 Å². The van der Waals surface area contributed by atoms with Crippen molar-refractivity contribution in [1.29, 1.82) is 0 Å². The molecule has 1 unspecified atom stereocenters. The minimum atomic E-state index is -0.0525. The first kappa shape index (κ1) is 14.8. The Labute approximate surface area is 108 Å². The summed E-state index contributed by atoms with van der Waals surface area (Å²) in [5.41, 5.74) is -0.0525. The van der Waals surface area contributed by atoms with Crippen LogP contribution in [0.25, 0.3) is 0 Å². The zero-order valence-electron chi connectivity index (χ0n) is 11.4. The van der Waals surface area contributed by atoms with Crippen LogP contribution < -0.4 is 5.32 Å². The van der Waals surface area contributed by atoms with Gasteiger partial charge in [-0.3, -0.25) is 4.79 Å². The van der Waals surface area contributed by atoms with Gasteiger partial charge in [-0.1, -0.05) is 20.8 Å². The number of rotatable bonds is 6. The summed E-state index contributed by atoms with van der Waals surface area (Å²) in [7, 11) is 0. The largest absolute Gasteiger partial charge is 0.469 e. The van der Waals surface area contributed by atoms with Crippen LogP contribution in [0.15, 0.2) is 22.8 Å². The number of furan rings is 1. The van der Waals surface area contributed by atoms with Crippen LogP contribution in [-0.4, -0.2) is 23.7 Å². The number of carbonyl (C=O) groups excluding carboxylic acids is 1. The fourth-order valence-electron chi connectivity index (χ4n) is 1.81. The fraction of sp³-hybridized carbons (Fsp3) is 0.643. The second kappa shape index (κ2) is 6.59. The van der Waals surface area contributed by atoms with Crippen molar-refractivity contribution in [3.8, 4) is 0 Å². The molecule has 0 saturated carbocycles. The monoisotopic (exact) mass is 253 g/mol. The van der Waals surface area contributed by atoms with Crippen molar-refractivity contribution in [1.82, 2.24) is 5.32 Å². The molecule has 1 atom stereocenters. The number of nitrogens with one attached hydrogen (secondary N) is 1. The number of aliphatic hydroxyl groups is 1. The van der Waals surface area contributed by atoms with E-state index < -0.39 is 0 Å². The highest BCUT2D eigenvalue weighted by atomic mass is 16.3. The second-order valence-electron chi connectivity index (χ2n) is 5.58. The van der Waals surface area contributed by atoms with Gasteiger partial charge in [-0.25, -0.2) is 0 Å². The molecule has 2 N–H and O–H groups in total. The van der Waals surface area contributed by atoms with Crippen molar-refractivity contribution in [3.63, 3.8) is 0 Å². The third-order valence-electron chi connectivity index (χ3n) is 2.98. The first-order valence-electron chi connectivity index (χ1n) is 6.36. The molecule has 0 fully saturated rings. The summed E-state index contributed by atoms with van der Waals surface area (Å²) in [6.45, 7) is 6.25. The van der Waals surface area contributed by atoms with E-state index in [0.29, 0.717) is 19.3 Å². The molecule has 1 aromatic heterocycles. The molecule has 4 nitrogen and oxygen atoms in total. The van der Waals surface area contributed by atoms with E-state index in [2.05, 4.69) is 26.1 Å². The lowest BCUT2D eigenvalue weighted by molar-refractivity contribution is -0.122. The van der Waals surface area contributed by atoms with Gasteiger partial charge in [0.25, 0.3) is 0 Å². The maximum absolute atomic E-state index is 11.8. The van der Waals surface area contributed by atoms with Gasteiger partial charge in [0.05, 0.1) is 6.26 Å². The molecule has 0 aliphatic heterocycles. The highest BCUT2D eigenvalue weighted by Crippen LogP contribution is 2.21. The Hall–Kier alpha value is -1.29. The number of hydrogen-bond donors (Lipinski definition) is 2. The molecule has 0 saturated heterocycles. The van der Waals surface area contributed by atoms with Crippen LogP contribution in [0.5, 0.6) is 0 Å². The van der Waals surface area contributed by atoms with Crippen LogP contribution in [0.4, 0.5) is 0 Å². The average Bonchev–Trinajstić information content (AvgIpc) is 2.77. The molecule has 0 radical (unpaired) electrons. The Morgan fingerprint density at radius 3 is 2.72 bits per heavy atom. The molecule has 1 rings (SSSR count). The van der Waals surface area contributed by atoms with Crippen molar-refractivity contribution >= 4 is 5.91 Å². The van der Waals surface area contributed by atoms with Crippen LogP contribution in [0.1, 0.15) is 39.4 Å². The van der Waals surface area contributed by atoms with E-state index in [1.165, 1.54) is 0 Å². The van der Waals surface area contributed by atoms with Crippen molar-refractivity contribution < 1.29 is 14.3 Å². The number of aliphatic hydroxyl groups excluding tert-OH is 1. The quantitative estimate of drug-likeness (QED) is 0.816. The van der Waals surface area contributed by atoms with E-state index in [1.54, 1.807) is 6.26 Å². The maximum Gasteiger partial charge on any atom is 0.220 e. The Kier molecular flexibility index (Phi) is 5.41. The van der Waals surface area contributed by atoms with E-state index in [-0.39, 0.29) is 24.0 Å². The molecular weight excluding hydrogens is 230 g/mol. The Morgan fingerprint density at radius 1 is 1.50 bits per heavy atom. The standard InChI is InChI=1S/C14H23NO3/c1-14(2,3)12(8-9-16)15-13(17)7-6-11-5-4-10-18-11/h4-5,10,12,16H,6-9H2,1-3H3,(H,15,17). The van der Waals surface area contributed by atoms with Gasteiger partial charge >= 0.3 is 0 Å². The van der Waals surface area contributed by atoms with Crippen LogP contribution in [0.2, 0.25) is 0 Å². The predicted molar refractivity (Wildman–Crippen MR) is 70.1 cm³/mol. The molecule has 1 heterocycles. The first-order valence-corrected chi connectivity index (χ1v) is 6.36. The van der Waals surface area contributed by atoms with E-state index in [1.807, 2.05) is 12.1 Å². The topological polar surface area (TPSA) is 62.5 Å². The molecule has 4 heteroatoms. The normalized spacial score (nSPS) is 13.3. The zero-order valence-corrected chi connectivity index (χ0v) is 11.4. The second-order valence-corrected chi connectivity index (χ2v) is 5.58. The molecule has 0 bridgehead atoms. The van der Waals surface area contributed by atoms with E-state index >= 15 is 0 Å². The summed E-state index contributed by atoms with van der Waals surface area (Å²) >= 11 is 0. The first-order chi connectivity index (χ1) is 8.43. The lowest BCUT2D eigenvalue weighted by atomic mass is 9.85. The van der Waals surface area contributed by atoms with Crippen LogP contribution >= 0.6 is 0 Å². The summed E-state index contributed by atoms with van der Waals surface area (Å²) in [4.78, 5) is 11.8. The number of amides is 1. The molecule has 0 aliphatic carbocycles. The van der Waals surface area contributed by atoms with Crippen molar-refractivity contribution in [3.05, 3.63) is 24.2 Å². The lowest BCUT2D eigenvalue weighted by Crippen LogP contribution is -2.44. The third-order valence-corrected chi connectivity index (χ3v) is 2.98. The van der Waals surface area contributed by atoms with Crippen LogP contribution in [-0.2, 0) is 11.2 Å². The molecule has 0 aliphatic rings. The maximum atomic E-state index is 11.8. The molecule has 0 aromatic carbocycles. The minimum absolute atomic E-state index is 0.000208. The number of carbonyl (C=O) groups is 1. The van der Waals surface area contributed by atoms with Gasteiger partial charge < -0.3 is 14.8 Å². The van der Waals surface area contributed by atoms with Gasteiger partial charge in [0.15, 0.2) is 0 Å². The van der Waals surface area contributed by atoms with E-state index in [0.717, 1.165) is 5.76 Å². The summed E-state index contributed by atoms with van der Waals surface area (Å²) in [5.74, 6) is 0.819. The highest BCUT2D eigenvalue weighted by Gasteiger charge is 2.25. The SMILES string of the molecule is CC(C)(C)C(CCO)NC(=O)CCc1ccco1. The molecule has 1 amide bonds. The molecular formula is C14H23NO3. The predicted octanol–water partition coefficient (Wildman–Crippen LogP) is 2.13. The molecule has 18 heavy (non-hydrogen) atoms. The van der Waals surface area contributed by atoms with Crippen LogP contribution in [0, 0.1) is 5.41 Å².